The molecule has 1 aromatic carbocycles. The Bertz CT molecular complexity index is 530. The van der Waals surface area contributed by atoms with Gasteiger partial charge in [0.15, 0.2) is 0 Å². The maximum Gasteiger partial charge on any atom is 0.423 e. The second-order valence-electron chi connectivity index (χ2n) is 5.07. The van der Waals surface area contributed by atoms with Crippen LogP contribution in [-0.4, -0.2) is 29.7 Å². The summed E-state index contributed by atoms with van der Waals surface area (Å²) in [5.41, 5.74) is -1.97. The standard InChI is InChI=1S/C13H15F3N2O3/c14-13(15,16)11-7-10(3-4-12(11)18(20)21)17(5-6-19)8-9-1-2-9/h3-4,7,9,19H,1-2,5-6,8H2. The van der Waals surface area contributed by atoms with Crippen molar-refractivity contribution in [3.8, 4) is 0 Å². The topological polar surface area (TPSA) is 66.6 Å². The van der Waals surface area contributed by atoms with Crippen LogP contribution >= 0.6 is 0 Å². The van der Waals surface area contributed by atoms with Gasteiger partial charge in [0.25, 0.3) is 5.69 Å². The van der Waals surface area contributed by atoms with E-state index in [0.717, 1.165) is 25.0 Å². The number of aliphatic hydroxyl groups is 1. The first-order valence-electron chi connectivity index (χ1n) is 6.54. The van der Waals surface area contributed by atoms with Crippen molar-refractivity contribution in [3.63, 3.8) is 0 Å². The van der Waals surface area contributed by atoms with Crippen LogP contribution in [0.1, 0.15) is 18.4 Å². The van der Waals surface area contributed by atoms with Crippen LogP contribution in [0.2, 0.25) is 0 Å². The lowest BCUT2D eigenvalue weighted by Gasteiger charge is -2.24. The first-order chi connectivity index (χ1) is 9.82. The molecule has 0 aromatic heterocycles. The summed E-state index contributed by atoms with van der Waals surface area (Å²) in [5.74, 6) is 0.418. The van der Waals surface area contributed by atoms with Gasteiger partial charge < -0.3 is 10.0 Å². The van der Waals surface area contributed by atoms with Crippen molar-refractivity contribution >= 4 is 11.4 Å². The van der Waals surface area contributed by atoms with E-state index in [2.05, 4.69) is 0 Å². The van der Waals surface area contributed by atoms with Gasteiger partial charge in [-0.1, -0.05) is 0 Å². The van der Waals surface area contributed by atoms with E-state index in [1.807, 2.05) is 0 Å². The molecule has 0 aliphatic heterocycles. The summed E-state index contributed by atoms with van der Waals surface area (Å²) in [7, 11) is 0. The van der Waals surface area contributed by atoms with Gasteiger partial charge >= 0.3 is 6.18 Å². The molecule has 0 amide bonds. The molecule has 8 heteroatoms. The van der Waals surface area contributed by atoms with E-state index in [-0.39, 0.29) is 18.8 Å². The highest BCUT2D eigenvalue weighted by atomic mass is 19.4. The van der Waals surface area contributed by atoms with Crippen molar-refractivity contribution in [2.24, 2.45) is 5.92 Å². The van der Waals surface area contributed by atoms with Crippen molar-refractivity contribution in [1.82, 2.24) is 0 Å². The average molecular weight is 304 g/mol. The molecule has 21 heavy (non-hydrogen) atoms. The van der Waals surface area contributed by atoms with Crippen LogP contribution in [0.15, 0.2) is 18.2 Å². The van der Waals surface area contributed by atoms with Crippen molar-refractivity contribution in [3.05, 3.63) is 33.9 Å². The smallest absolute Gasteiger partial charge is 0.395 e. The first-order valence-corrected chi connectivity index (χ1v) is 6.54. The van der Waals surface area contributed by atoms with Crippen LogP contribution in [0.4, 0.5) is 24.5 Å². The number of hydrogen-bond acceptors (Lipinski definition) is 4. The minimum absolute atomic E-state index is 0.189. The number of nitro groups is 1. The Morgan fingerprint density at radius 3 is 2.52 bits per heavy atom. The van der Waals surface area contributed by atoms with Crippen LogP contribution in [0, 0.1) is 16.0 Å². The Morgan fingerprint density at radius 1 is 1.38 bits per heavy atom. The van der Waals surface area contributed by atoms with E-state index in [9.17, 15) is 23.3 Å². The van der Waals surface area contributed by atoms with E-state index < -0.39 is 22.4 Å². The van der Waals surface area contributed by atoms with Crippen molar-refractivity contribution < 1.29 is 23.2 Å². The maximum atomic E-state index is 12.9. The molecule has 0 radical (unpaired) electrons. The van der Waals surface area contributed by atoms with Gasteiger partial charge in [-0.05, 0) is 30.9 Å². The van der Waals surface area contributed by atoms with E-state index in [0.29, 0.717) is 12.5 Å². The molecule has 0 bridgehead atoms. The number of anilines is 1. The summed E-state index contributed by atoms with van der Waals surface area (Å²) >= 11 is 0. The zero-order valence-electron chi connectivity index (χ0n) is 11.1. The second kappa shape index (κ2) is 5.88. The molecule has 0 unspecified atom stereocenters. The van der Waals surface area contributed by atoms with Crippen LogP contribution in [0.25, 0.3) is 0 Å². The number of rotatable bonds is 6. The second-order valence-corrected chi connectivity index (χ2v) is 5.07. The Morgan fingerprint density at radius 2 is 2.05 bits per heavy atom. The molecular formula is C13H15F3N2O3. The Labute approximate surface area is 119 Å². The minimum atomic E-state index is -4.79. The van der Waals surface area contributed by atoms with Crippen LogP contribution < -0.4 is 4.90 Å². The number of nitro benzene ring substituents is 1. The number of aliphatic hydroxyl groups excluding tert-OH is 1. The quantitative estimate of drug-likeness (QED) is 0.648. The summed E-state index contributed by atoms with van der Waals surface area (Å²) < 4.78 is 38.8. The van der Waals surface area contributed by atoms with Gasteiger partial charge in [-0.15, -0.1) is 0 Å². The van der Waals surface area contributed by atoms with Gasteiger partial charge in [0, 0.05) is 24.8 Å². The number of hydrogen-bond donors (Lipinski definition) is 1. The van der Waals surface area contributed by atoms with Gasteiger partial charge in [-0.2, -0.15) is 13.2 Å². The third kappa shape index (κ3) is 3.84. The molecule has 0 saturated heterocycles. The number of halogens is 3. The summed E-state index contributed by atoms with van der Waals surface area (Å²) in [6.45, 7) is 0.562. The predicted octanol–water partition coefficient (Wildman–Crippen LogP) is 2.82. The Kier molecular flexibility index (Phi) is 4.36. The molecule has 1 aliphatic rings. The van der Waals surface area contributed by atoms with Crippen molar-refractivity contribution in [2.45, 2.75) is 19.0 Å². The SMILES string of the molecule is O=[N+]([O-])c1ccc(N(CCO)CC2CC2)cc1C(F)(F)F. The molecule has 1 N–H and O–H groups in total. The molecule has 1 saturated carbocycles. The number of nitrogens with zero attached hydrogens (tertiary/aromatic N) is 2. The van der Waals surface area contributed by atoms with Crippen molar-refractivity contribution in [2.75, 3.05) is 24.6 Å². The zero-order chi connectivity index (χ0) is 15.6. The van der Waals surface area contributed by atoms with E-state index >= 15 is 0 Å². The fourth-order valence-corrected chi connectivity index (χ4v) is 2.17. The molecular weight excluding hydrogens is 289 g/mol. The molecule has 2 rings (SSSR count). The fourth-order valence-electron chi connectivity index (χ4n) is 2.17. The van der Waals surface area contributed by atoms with Gasteiger partial charge in [0.05, 0.1) is 11.5 Å². The van der Waals surface area contributed by atoms with E-state index in [4.69, 9.17) is 5.11 Å². The van der Waals surface area contributed by atoms with Gasteiger partial charge in [0.2, 0.25) is 0 Å². The summed E-state index contributed by atoms with van der Waals surface area (Å²) in [6.07, 6.45) is -2.76. The van der Waals surface area contributed by atoms with E-state index in [1.165, 1.54) is 6.07 Å². The highest BCUT2D eigenvalue weighted by molar-refractivity contribution is 5.57. The third-order valence-corrected chi connectivity index (χ3v) is 3.39. The lowest BCUT2D eigenvalue weighted by Crippen LogP contribution is -2.29. The minimum Gasteiger partial charge on any atom is -0.395 e. The maximum absolute atomic E-state index is 12.9. The van der Waals surface area contributed by atoms with Gasteiger partial charge in [-0.3, -0.25) is 10.1 Å². The Balaban J connectivity index is 2.36. The summed E-state index contributed by atoms with van der Waals surface area (Å²) in [5, 5.41) is 19.7. The lowest BCUT2D eigenvalue weighted by molar-refractivity contribution is -0.388. The molecule has 0 heterocycles. The first kappa shape index (κ1) is 15.6. The molecule has 0 spiro atoms. The highest BCUT2D eigenvalue weighted by Crippen LogP contribution is 2.39. The van der Waals surface area contributed by atoms with Crippen LogP contribution in [0.5, 0.6) is 0 Å². The molecule has 0 atom stereocenters. The number of alkyl halides is 3. The van der Waals surface area contributed by atoms with Crippen LogP contribution in [-0.2, 0) is 6.18 Å². The highest BCUT2D eigenvalue weighted by Gasteiger charge is 2.39. The fraction of sp³-hybridized carbons (Fsp3) is 0.538. The predicted molar refractivity (Wildman–Crippen MR) is 70.1 cm³/mol. The van der Waals surface area contributed by atoms with Crippen LogP contribution in [0.3, 0.4) is 0 Å². The average Bonchev–Trinajstić information content (AvgIpc) is 3.20. The normalized spacial score (nSPS) is 15.0. The van der Waals surface area contributed by atoms with Crippen molar-refractivity contribution in [1.29, 1.82) is 0 Å². The number of benzene rings is 1. The van der Waals surface area contributed by atoms with Gasteiger partial charge in [0.1, 0.15) is 5.56 Å². The molecule has 116 valence electrons. The summed E-state index contributed by atoms with van der Waals surface area (Å²) in [4.78, 5) is 11.3. The molecule has 1 fully saturated rings. The van der Waals surface area contributed by atoms with Gasteiger partial charge in [-0.25, -0.2) is 0 Å². The lowest BCUT2D eigenvalue weighted by atomic mass is 10.1. The van der Waals surface area contributed by atoms with E-state index in [1.54, 1.807) is 4.90 Å². The zero-order valence-corrected chi connectivity index (χ0v) is 11.1. The molecule has 5 nitrogen and oxygen atoms in total. The molecule has 1 aliphatic carbocycles. The molecule has 1 aromatic rings. The summed E-state index contributed by atoms with van der Waals surface area (Å²) in [6, 6.07) is 2.96. The largest absolute Gasteiger partial charge is 0.423 e. The Hall–Kier alpha value is -1.83. The monoisotopic (exact) mass is 304 g/mol. The third-order valence-electron chi connectivity index (χ3n) is 3.39.